The fraction of sp³-hybridized carbons (Fsp3) is 0.270. The van der Waals surface area contributed by atoms with E-state index >= 15 is 0 Å². The number of carbonyl (C=O) groups excluding carboxylic acids is 1. The summed E-state index contributed by atoms with van der Waals surface area (Å²) in [7, 11) is 0. The standard InChI is InChI=1S/C37H36N6O3/c1-25-18-33-32(22-35(25)46-15-3-12-43-13-16-45-17-14-43)37(40-31-7-6-29-23-39-24-30(29)21-31)42-36(41-33)28-5-2-4-26(19-28)20-34(44)27-8-10-38-11-9-27/h2,4-11,18-19,21-22,24H,3,12-17,20,23H2,1H3,(H,40,41,42). The number of hydrogen-bond donors (Lipinski definition) is 1. The van der Waals surface area contributed by atoms with Gasteiger partial charge in [-0.15, -0.1) is 0 Å². The maximum atomic E-state index is 12.9. The molecule has 2 aliphatic rings. The molecule has 2 aliphatic heterocycles. The third-order valence-electron chi connectivity index (χ3n) is 8.43. The number of hydrogen-bond acceptors (Lipinski definition) is 9. The number of nitrogens with one attached hydrogen (secondary N) is 1. The summed E-state index contributed by atoms with van der Waals surface area (Å²) in [4.78, 5) is 33.8. The van der Waals surface area contributed by atoms with Crippen LogP contribution in [-0.2, 0) is 17.7 Å². The zero-order chi connectivity index (χ0) is 31.3. The van der Waals surface area contributed by atoms with Gasteiger partial charge in [0.15, 0.2) is 11.6 Å². The average Bonchev–Trinajstić information content (AvgIpc) is 3.56. The van der Waals surface area contributed by atoms with Gasteiger partial charge in [-0.3, -0.25) is 19.7 Å². The fourth-order valence-corrected chi connectivity index (χ4v) is 5.90. The number of aromatic nitrogens is 3. The number of morpholine rings is 1. The summed E-state index contributed by atoms with van der Waals surface area (Å²) >= 11 is 0. The second kappa shape index (κ2) is 13.6. The lowest BCUT2D eigenvalue weighted by Crippen LogP contribution is -2.37. The molecule has 0 atom stereocenters. The molecule has 5 aromatic rings. The summed E-state index contributed by atoms with van der Waals surface area (Å²) in [6, 6.07) is 21.7. The van der Waals surface area contributed by atoms with Gasteiger partial charge in [0.2, 0.25) is 0 Å². The van der Waals surface area contributed by atoms with Gasteiger partial charge >= 0.3 is 0 Å². The van der Waals surface area contributed by atoms with Crippen molar-refractivity contribution >= 4 is 34.4 Å². The van der Waals surface area contributed by atoms with E-state index in [1.807, 2.05) is 36.5 Å². The van der Waals surface area contributed by atoms with Crippen LogP contribution in [0.3, 0.4) is 0 Å². The van der Waals surface area contributed by atoms with Crippen molar-refractivity contribution in [1.29, 1.82) is 0 Å². The monoisotopic (exact) mass is 612 g/mol. The molecule has 0 aliphatic carbocycles. The van der Waals surface area contributed by atoms with Crippen LogP contribution in [0.5, 0.6) is 5.75 Å². The van der Waals surface area contributed by atoms with E-state index in [-0.39, 0.29) is 12.2 Å². The molecule has 46 heavy (non-hydrogen) atoms. The van der Waals surface area contributed by atoms with E-state index in [0.29, 0.717) is 30.4 Å². The summed E-state index contributed by atoms with van der Waals surface area (Å²) in [6.45, 7) is 7.93. The van der Waals surface area contributed by atoms with E-state index in [4.69, 9.17) is 19.4 Å². The zero-order valence-electron chi connectivity index (χ0n) is 25.9. The smallest absolute Gasteiger partial charge is 0.167 e. The first kappa shape index (κ1) is 29.7. The molecule has 1 N–H and O–H groups in total. The third-order valence-corrected chi connectivity index (χ3v) is 8.43. The summed E-state index contributed by atoms with van der Waals surface area (Å²) in [6.07, 6.45) is 6.40. The Morgan fingerprint density at radius 3 is 2.74 bits per heavy atom. The van der Waals surface area contributed by atoms with Gasteiger partial charge in [0.05, 0.1) is 31.9 Å². The molecule has 9 nitrogen and oxygen atoms in total. The fourth-order valence-electron chi connectivity index (χ4n) is 5.90. The quantitative estimate of drug-likeness (QED) is 0.139. The van der Waals surface area contributed by atoms with Gasteiger partial charge in [-0.05, 0) is 78.1 Å². The Balaban J connectivity index is 1.19. The number of carbonyl (C=O) groups is 1. The SMILES string of the molecule is Cc1cc2nc(-c3cccc(CC(=O)c4ccncc4)c3)nc(Nc3ccc4c(c3)C=NC4)c2cc1OCCCN1CCOCC1. The minimum Gasteiger partial charge on any atom is -0.493 e. The highest BCUT2D eigenvalue weighted by Crippen LogP contribution is 2.33. The lowest BCUT2D eigenvalue weighted by molar-refractivity contribution is 0.0358. The number of ketones is 1. The number of Topliss-reactive ketones (excluding diaryl/α,β-unsaturated/α-hetero) is 1. The predicted molar refractivity (Wildman–Crippen MR) is 180 cm³/mol. The van der Waals surface area contributed by atoms with Crippen LogP contribution in [0.15, 0.2) is 84.1 Å². The lowest BCUT2D eigenvalue weighted by Gasteiger charge is -2.26. The number of nitrogens with zero attached hydrogens (tertiary/aromatic N) is 5. The number of fused-ring (bicyclic) bond motifs is 2. The van der Waals surface area contributed by atoms with Gasteiger partial charge < -0.3 is 14.8 Å². The first-order chi connectivity index (χ1) is 22.6. The highest BCUT2D eigenvalue weighted by molar-refractivity contribution is 5.98. The Morgan fingerprint density at radius 1 is 1.00 bits per heavy atom. The zero-order valence-corrected chi connectivity index (χ0v) is 25.9. The highest BCUT2D eigenvalue weighted by Gasteiger charge is 2.16. The molecule has 0 unspecified atom stereocenters. The Hall–Kier alpha value is -4.99. The molecule has 4 heterocycles. The molecule has 0 saturated carbocycles. The number of pyridine rings is 1. The van der Waals surface area contributed by atoms with Crippen LogP contribution in [0.4, 0.5) is 11.5 Å². The summed E-state index contributed by atoms with van der Waals surface area (Å²) in [5.74, 6) is 2.13. The van der Waals surface area contributed by atoms with Crippen molar-refractivity contribution in [1.82, 2.24) is 19.9 Å². The van der Waals surface area contributed by atoms with Gasteiger partial charge in [-0.1, -0.05) is 24.3 Å². The second-order valence-electron chi connectivity index (χ2n) is 11.7. The van der Waals surface area contributed by atoms with E-state index in [1.54, 1.807) is 24.5 Å². The molecule has 0 radical (unpaired) electrons. The van der Waals surface area contributed by atoms with E-state index in [1.165, 1.54) is 5.56 Å². The van der Waals surface area contributed by atoms with Gasteiger partial charge in [0.1, 0.15) is 11.6 Å². The second-order valence-corrected chi connectivity index (χ2v) is 11.7. The third kappa shape index (κ3) is 6.80. The van der Waals surface area contributed by atoms with Crippen LogP contribution in [0, 0.1) is 6.92 Å². The highest BCUT2D eigenvalue weighted by atomic mass is 16.5. The van der Waals surface area contributed by atoms with Crippen LogP contribution in [0.1, 0.15) is 39.0 Å². The molecule has 0 spiro atoms. The maximum Gasteiger partial charge on any atom is 0.167 e. The van der Waals surface area contributed by atoms with Crippen molar-refractivity contribution < 1.29 is 14.3 Å². The van der Waals surface area contributed by atoms with Crippen LogP contribution >= 0.6 is 0 Å². The van der Waals surface area contributed by atoms with Crippen molar-refractivity contribution in [2.24, 2.45) is 4.99 Å². The number of anilines is 2. The van der Waals surface area contributed by atoms with E-state index in [9.17, 15) is 4.79 Å². The number of aliphatic imine (C=N–C) groups is 1. The Bertz CT molecular complexity index is 1900. The molecule has 0 bridgehead atoms. The molecule has 7 rings (SSSR count). The Kier molecular flexibility index (Phi) is 8.76. The molecule has 0 amide bonds. The van der Waals surface area contributed by atoms with E-state index in [2.05, 4.69) is 51.4 Å². The summed E-state index contributed by atoms with van der Waals surface area (Å²) < 4.78 is 11.8. The number of rotatable bonds is 11. The molecular weight excluding hydrogens is 576 g/mol. The van der Waals surface area contributed by atoms with Gasteiger partial charge in [0, 0.05) is 66.9 Å². The molecule has 2 aromatic heterocycles. The molecule has 1 fully saturated rings. The molecule has 3 aromatic carbocycles. The molecular formula is C37H36N6O3. The minimum atomic E-state index is 0.0367. The van der Waals surface area contributed by atoms with Gasteiger partial charge in [-0.25, -0.2) is 9.97 Å². The predicted octanol–water partition coefficient (Wildman–Crippen LogP) is 6.20. The topological polar surface area (TPSA) is 102 Å². The number of benzene rings is 3. The van der Waals surface area contributed by atoms with E-state index in [0.717, 1.165) is 83.9 Å². The van der Waals surface area contributed by atoms with Crippen molar-refractivity contribution in [3.8, 4) is 17.1 Å². The summed E-state index contributed by atoms with van der Waals surface area (Å²) in [5, 5.41) is 4.44. The largest absolute Gasteiger partial charge is 0.493 e. The van der Waals surface area contributed by atoms with E-state index < -0.39 is 0 Å². The van der Waals surface area contributed by atoms with Crippen LogP contribution in [0.2, 0.25) is 0 Å². The minimum absolute atomic E-state index is 0.0367. The average molecular weight is 613 g/mol. The van der Waals surface area contributed by atoms with Crippen molar-refractivity contribution in [3.05, 3.63) is 107 Å². The molecule has 1 saturated heterocycles. The van der Waals surface area contributed by atoms with Crippen molar-refractivity contribution in [3.63, 3.8) is 0 Å². The lowest BCUT2D eigenvalue weighted by atomic mass is 10.0. The first-order valence-electron chi connectivity index (χ1n) is 15.8. The van der Waals surface area contributed by atoms with Crippen molar-refractivity contribution in [2.45, 2.75) is 26.3 Å². The summed E-state index contributed by atoms with van der Waals surface area (Å²) in [5.41, 5.74) is 7.44. The Morgan fingerprint density at radius 2 is 1.87 bits per heavy atom. The van der Waals surface area contributed by atoms with Crippen LogP contribution < -0.4 is 10.1 Å². The normalized spacial score (nSPS) is 14.4. The molecule has 9 heteroatoms. The van der Waals surface area contributed by atoms with Crippen LogP contribution in [-0.4, -0.2) is 71.3 Å². The first-order valence-corrected chi connectivity index (χ1v) is 15.8. The van der Waals surface area contributed by atoms with Crippen molar-refractivity contribution in [2.75, 3.05) is 44.8 Å². The van der Waals surface area contributed by atoms with Gasteiger partial charge in [0.25, 0.3) is 0 Å². The molecule has 232 valence electrons. The number of ether oxygens (including phenoxy) is 2. The van der Waals surface area contributed by atoms with Gasteiger partial charge in [-0.2, -0.15) is 0 Å². The maximum absolute atomic E-state index is 12.9. The van der Waals surface area contributed by atoms with Crippen LogP contribution in [0.25, 0.3) is 22.3 Å². The Labute approximate surface area is 268 Å². The number of aryl methyl sites for hydroxylation is 1.